The Morgan fingerprint density at radius 3 is 2.60 bits per heavy atom. The maximum atomic E-state index is 12.3. The molecule has 2 aliphatic heterocycles. The van der Waals surface area contributed by atoms with E-state index in [4.69, 9.17) is 0 Å². The molecule has 0 aliphatic carbocycles. The average Bonchev–Trinajstić information content (AvgIpc) is 2.65. The van der Waals surface area contributed by atoms with Gasteiger partial charge in [-0.25, -0.2) is 0 Å². The fourth-order valence-electron chi connectivity index (χ4n) is 3.95. The van der Waals surface area contributed by atoms with Crippen LogP contribution in [0.25, 0.3) is 0 Å². The van der Waals surface area contributed by atoms with E-state index in [-0.39, 0.29) is 17.2 Å². The lowest BCUT2D eigenvalue weighted by Gasteiger charge is -2.47. The SMILES string of the molecule is CC[C@H](O)C(=O)N1CCC2(CCC(=O)N(Cc3ccncc3)C2)CC1. The molecule has 0 radical (unpaired) electrons. The first kappa shape index (κ1) is 17.9. The van der Waals surface area contributed by atoms with Crippen LogP contribution in [0.5, 0.6) is 0 Å². The summed E-state index contributed by atoms with van der Waals surface area (Å²) in [4.78, 5) is 32.3. The van der Waals surface area contributed by atoms with Gasteiger partial charge in [0.15, 0.2) is 0 Å². The normalized spacial score (nSPS) is 21.4. The van der Waals surface area contributed by atoms with Gasteiger partial charge >= 0.3 is 0 Å². The molecule has 1 N–H and O–H groups in total. The van der Waals surface area contributed by atoms with Gasteiger partial charge in [-0.1, -0.05) is 6.92 Å². The molecule has 3 heterocycles. The van der Waals surface area contributed by atoms with Crippen molar-refractivity contribution >= 4 is 11.8 Å². The summed E-state index contributed by atoms with van der Waals surface area (Å²) in [6.07, 6.45) is 6.35. The Morgan fingerprint density at radius 1 is 1.28 bits per heavy atom. The number of piperidine rings is 2. The molecule has 0 unspecified atom stereocenters. The van der Waals surface area contributed by atoms with Crippen LogP contribution < -0.4 is 0 Å². The van der Waals surface area contributed by atoms with Crippen LogP contribution in [-0.4, -0.2) is 57.4 Å². The lowest BCUT2D eigenvalue weighted by atomic mass is 9.72. The first-order valence-corrected chi connectivity index (χ1v) is 9.16. The monoisotopic (exact) mass is 345 g/mol. The van der Waals surface area contributed by atoms with Crippen LogP contribution in [0, 0.1) is 5.41 Å². The molecule has 6 nitrogen and oxygen atoms in total. The zero-order chi connectivity index (χ0) is 17.9. The Bertz CT molecular complexity index is 612. The van der Waals surface area contributed by atoms with E-state index in [9.17, 15) is 14.7 Å². The van der Waals surface area contributed by atoms with Gasteiger partial charge in [-0.05, 0) is 48.8 Å². The molecule has 2 saturated heterocycles. The number of rotatable bonds is 4. The molecule has 1 aromatic heterocycles. The maximum Gasteiger partial charge on any atom is 0.251 e. The van der Waals surface area contributed by atoms with Crippen LogP contribution in [0.3, 0.4) is 0 Å². The van der Waals surface area contributed by atoms with E-state index in [0.29, 0.717) is 32.5 Å². The standard InChI is InChI=1S/C19H27N3O3/c1-2-16(23)18(25)21-11-7-19(8-12-21)6-3-17(24)22(14-19)13-15-4-9-20-10-5-15/h4-5,9-10,16,23H,2-3,6-8,11-14H2,1H3/t16-/m0/s1. The molecule has 1 aromatic rings. The number of carbonyl (C=O) groups excluding carboxylic acids is 2. The second-order valence-corrected chi connectivity index (χ2v) is 7.35. The molecule has 2 aliphatic rings. The smallest absolute Gasteiger partial charge is 0.251 e. The summed E-state index contributed by atoms with van der Waals surface area (Å²) in [6.45, 7) is 4.55. The van der Waals surface area contributed by atoms with Gasteiger partial charge < -0.3 is 14.9 Å². The summed E-state index contributed by atoms with van der Waals surface area (Å²) >= 11 is 0. The molecule has 0 aromatic carbocycles. The topological polar surface area (TPSA) is 73.7 Å². The molecular formula is C19H27N3O3. The number of hydrogen-bond donors (Lipinski definition) is 1. The fraction of sp³-hybridized carbons (Fsp3) is 0.632. The number of hydrogen-bond acceptors (Lipinski definition) is 4. The van der Waals surface area contributed by atoms with E-state index >= 15 is 0 Å². The van der Waals surface area contributed by atoms with Crippen molar-refractivity contribution in [1.82, 2.24) is 14.8 Å². The quantitative estimate of drug-likeness (QED) is 0.899. The number of pyridine rings is 1. The van der Waals surface area contributed by atoms with E-state index < -0.39 is 6.10 Å². The summed E-state index contributed by atoms with van der Waals surface area (Å²) in [5, 5.41) is 9.77. The summed E-state index contributed by atoms with van der Waals surface area (Å²) in [7, 11) is 0. The minimum absolute atomic E-state index is 0.106. The summed E-state index contributed by atoms with van der Waals surface area (Å²) in [5.74, 6) is 0.0558. The highest BCUT2D eigenvalue weighted by atomic mass is 16.3. The van der Waals surface area contributed by atoms with Gasteiger partial charge in [0.1, 0.15) is 6.10 Å². The number of carbonyl (C=O) groups is 2. The number of likely N-dealkylation sites (tertiary alicyclic amines) is 2. The molecule has 2 fully saturated rings. The van der Waals surface area contributed by atoms with Crippen molar-refractivity contribution < 1.29 is 14.7 Å². The molecule has 1 atom stereocenters. The minimum Gasteiger partial charge on any atom is -0.383 e. The number of aliphatic hydroxyl groups is 1. The highest BCUT2D eigenvalue weighted by Crippen LogP contribution is 2.40. The average molecular weight is 345 g/mol. The van der Waals surface area contributed by atoms with Gasteiger partial charge in [0.2, 0.25) is 5.91 Å². The summed E-state index contributed by atoms with van der Waals surface area (Å²) in [5.41, 5.74) is 1.20. The zero-order valence-corrected chi connectivity index (χ0v) is 14.9. The molecule has 3 rings (SSSR count). The van der Waals surface area contributed by atoms with Crippen LogP contribution >= 0.6 is 0 Å². The van der Waals surface area contributed by atoms with Crippen LogP contribution in [0.2, 0.25) is 0 Å². The summed E-state index contributed by atoms with van der Waals surface area (Å²) < 4.78 is 0. The largest absolute Gasteiger partial charge is 0.383 e. The third kappa shape index (κ3) is 4.00. The highest BCUT2D eigenvalue weighted by molar-refractivity contribution is 5.80. The van der Waals surface area contributed by atoms with Crippen molar-refractivity contribution in [3.63, 3.8) is 0 Å². The number of aliphatic hydroxyl groups excluding tert-OH is 1. The van der Waals surface area contributed by atoms with Crippen molar-refractivity contribution in [2.24, 2.45) is 5.41 Å². The Labute approximate surface area is 148 Å². The Kier molecular flexibility index (Phi) is 5.37. The molecule has 0 saturated carbocycles. The van der Waals surface area contributed by atoms with Crippen molar-refractivity contribution in [2.75, 3.05) is 19.6 Å². The van der Waals surface area contributed by atoms with Crippen LogP contribution in [0.15, 0.2) is 24.5 Å². The van der Waals surface area contributed by atoms with Crippen LogP contribution in [0.4, 0.5) is 0 Å². The van der Waals surface area contributed by atoms with Gasteiger partial charge in [-0.2, -0.15) is 0 Å². The van der Waals surface area contributed by atoms with E-state index in [1.807, 2.05) is 24.0 Å². The van der Waals surface area contributed by atoms with Gasteiger partial charge in [0.25, 0.3) is 5.91 Å². The van der Waals surface area contributed by atoms with E-state index in [2.05, 4.69) is 4.98 Å². The van der Waals surface area contributed by atoms with Crippen molar-refractivity contribution in [1.29, 1.82) is 0 Å². The number of nitrogens with zero attached hydrogens (tertiary/aromatic N) is 3. The maximum absolute atomic E-state index is 12.3. The van der Waals surface area contributed by atoms with Crippen molar-refractivity contribution in [3.8, 4) is 0 Å². The van der Waals surface area contributed by atoms with E-state index in [0.717, 1.165) is 31.4 Å². The predicted molar refractivity (Wildman–Crippen MR) is 93.4 cm³/mol. The second kappa shape index (κ2) is 7.52. The van der Waals surface area contributed by atoms with Crippen LogP contribution in [-0.2, 0) is 16.1 Å². The Balaban J connectivity index is 1.61. The van der Waals surface area contributed by atoms with Gasteiger partial charge in [-0.15, -0.1) is 0 Å². The third-order valence-corrected chi connectivity index (χ3v) is 5.68. The molecule has 136 valence electrons. The fourth-order valence-corrected chi connectivity index (χ4v) is 3.95. The van der Waals surface area contributed by atoms with E-state index in [1.54, 1.807) is 17.3 Å². The van der Waals surface area contributed by atoms with Crippen molar-refractivity contribution in [3.05, 3.63) is 30.1 Å². The van der Waals surface area contributed by atoms with Gasteiger partial charge in [-0.3, -0.25) is 14.6 Å². The molecular weight excluding hydrogens is 318 g/mol. The predicted octanol–water partition coefficient (Wildman–Crippen LogP) is 1.58. The van der Waals surface area contributed by atoms with Gasteiger partial charge in [0, 0.05) is 45.0 Å². The lowest BCUT2D eigenvalue weighted by molar-refractivity contribution is -0.147. The first-order valence-electron chi connectivity index (χ1n) is 9.16. The summed E-state index contributed by atoms with van der Waals surface area (Å²) in [6, 6.07) is 3.89. The molecule has 6 heteroatoms. The Morgan fingerprint density at radius 2 is 1.96 bits per heavy atom. The highest BCUT2D eigenvalue weighted by Gasteiger charge is 2.42. The van der Waals surface area contributed by atoms with Gasteiger partial charge in [0.05, 0.1) is 0 Å². The Hall–Kier alpha value is -1.95. The third-order valence-electron chi connectivity index (χ3n) is 5.68. The van der Waals surface area contributed by atoms with Crippen LogP contribution in [0.1, 0.15) is 44.6 Å². The van der Waals surface area contributed by atoms with Crippen molar-refractivity contribution in [2.45, 2.75) is 51.7 Å². The number of aromatic nitrogens is 1. The lowest BCUT2D eigenvalue weighted by Crippen LogP contribution is -2.53. The molecule has 25 heavy (non-hydrogen) atoms. The second-order valence-electron chi connectivity index (χ2n) is 7.35. The molecule has 2 amide bonds. The van der Waals surface area contributed by atoms with E-state index in [1.165, 1.54) is 0 Å². The molecule has 0 bridgehead atoms. The molecule has 1 spiro atoms. The number of amides is 2. The minimum atomic E-state index is -0.884. The first-order chi connectivity index (χ1) is 12.0. The zero-order valence-electron chi connectivity index (χ0n) is 14.9.